The Kier molecular flexibility index (Phi) is 5.29. The number of benzene rings is 2. The van der Waals surface area contributed by atoms with Gasteiger partial charge < -0.3 is 15.6 Å². The SMILES string of the molecule is O=C(Nc1cccc(C(F)(F)F)c1)c1cccc(NC(=O)c2cc3cnc4[nH]ccc4c3s2)c1. The average molecular weight is 480 g/mol. The van der Waals surface area contributed by atoms with E-state index in [2.05, 4.69) is 20.6 Å². The standard InChI is InChI=1S/C24H15F3N4O2S/c25-24(26,27)15-4-2-6-17(11-15)30-22(32)13-3-1-5-16(9-13)31-23(33)19-10-14-12-29-21-18(7-8-28-21)20(14)34-19/h1-12H,(H,28,29)(H,30,32)(H,31,33). The topological polar surface area (TPSA) is 86.9 Å². The maximum Gasteiger partial charge on any atom is 0.416 e. The quantitative estimate of drug-likeness (QED) is 0.282. The number of alkyl halides is 3. The number of fused-ring (bicyclic) bond motifs is 3. The number of aromatic amines is 1. The van der Waals surface area contributed by atoms with E-state index >= 15 is 0 Å². The Morgan fingerprint density at radius 2 is 1.65 bits per heavy atom. The van der Waals surface area contributed by atoms with Gasteiger partial charge in [-0.2, -0.15) is 13.2 Å². The molecule has 0 saturated carbocycles. The monoisotopic (exact) mass is 480 g/mol. The molecule has 2 amide bonds. The van der Waals surface area contributed by atoms with Gasteiger partial charge in [0.25, 0.3) is 11.8 Å². The minimum Gasteiger partial charge on any atom is -0.346 e. The van der Waals surface area contributed by atoms with Gasteiger partial charge in [-0.15, -0.1) is 11.3 Å². The van der Waals surface area contributed by atoms with Crippen molar-refractivity contribution < 1.29 is 22.8 Å². The Balaban J connectivity index is 1.33. The molecule has 0 bridgehead atoms. The van der Waals surface area contributed by atoms with Gasteiger partial charge >= 0.3 is 6.18 Å². The number of H-pyrrole nitrogens is 1. The fourth-order valence-electron chi connectivity index (χ4n) is 3.52. The van der Waals surface area contributed by atoms with Crippen LogP contribution in [-0.2, 0) is 6.18 Å². The molecule has 5 aromatic rings. The second-order valence-electron chi connectivity index (χ2n) is 7.46. The van der Waals surface area contributed by atoms with Crippen molar-refractivity contribution in [1.82, 2.24) is 9.97 Å². The predicted octanol–water partition coefficient (Wildman–Crippen LogP) is 6.30. The molecule has 0 spiro atoms. The first-order chi connectivity index (χ1) is 16.3. The number of aromatic nitrogens is 2. The summed E-state index contributed by atoms with van der Waals surface area (Å²) < 4.78 is 39.7. The van der Waals surface area contributed by atoms with Gasteiger partial charge in [0.1, 0.15) is 5.65 Å². The van der Waals surface area contributed by atoms with Crippen LogP contribution in [0.2, 0.25) is 0 Å². The number of rotatable bonds is 4. The Labute approximate surface area is 194 Å². The summed E-state index contributed by atoms with van der Waals surface area (Å²) in [5, 5.41) is 6.99. The second-order valence-corrected chi connectivity index (χ2v) is 8.51. The van der Waals surface area contributed by atoms with Gasteiger partial charge in [0, 0.05) is 44.8 Å². The number of hydrogen-bond donors (Lipinski definition) is 3. The Bertz CT molecular complexity index is 1550. The third-order valence-corrected chi connectivity index (χ3v) is 6.30. The summed E-state index contributed by atoms with van der Waals surface area (Å²) in [4.78, 5) is 33.2. The molecule has 0 unspecified atom stereocenters. The number of thiophene rings is 1. The highest BCUT2D eigenvalue weighted by molar-refractivity contribution is 7.21. The number of hydrogen-bond acceptors (Lipinski definition) is 4. The van der Waals surface area contributed by atoms with Crippen molar-refractivity contribution in [2.75, 3.05) is 10.6 Å². The van der Waals surface area contributed by atoms with Crippen molar-refractivity contribution in [3.63, 3.8) is 0 Å². The van der Waals surface area contributed by atoms with Crippen LogP contribution in [0, 0.1) is 0 Å². The number of pyridine rings is 1. The Morgan fingerprint density at radius 3 is 2.44 bits per heavy atom. The fraction of sp³-hybridized carbons (Fsp3) is 0.0417. The summed E-state index contributed by atoms with van der Waals surface area (Å²) in [6.45, 7) is 0. The van der Waals surface area contributed by atoms with E-state index in [-0.39, 0.29) is 17.2 Å². The lowest BCUT2D eigenvalue weighted by molar-refractivity contribution is -0.137. The van der Waals surface area contributed by atoms with Crippen molar-refractivity contribution in [1.29, 1.82) is 0 Å². The first-order valence-corrected chi connectivity index (χ1v) is 10.9. The molecule has 34 heavy (non-hydrogen) atoms. The maximum atomic E-state index is 12.9. The lowest BCUT2D eigenvalue weighted by Gasteiger charge is -2.10. The molecule has 0 aliphatic rings. The molecule has 0 fully saturated rings. The highest BCUT2D eigenvalue weighted by Crippen LogP contribution is 2.32. The van der Waals surface area contributed by atoms with E-state index in [1.165, 1.54) is 35.6 Å². The molecule has 3 N–H and O–H groups in total. The number of nitrogens with zero attached hydrogens (tertiary/aromatic N) is 1. The van der Waals surface area contributed by atoms with E-state index in [0.717, 1.165) is 33.3 Å². The third-order valence-electron chi connectivity index (χ3n) is 5.12. The smallest absolute Gasteiger partial charge is 0.346 e. The molecule has 10 heteroatoms. The molecule has 0 aliphatic carbocycles. The van der Waals surface area contributed by atoms with Gasteiger partial charge in [0.05, 0.1) is 10.4 Å². The highest BCUT2D eigenvalue weighted by atomic mass is 32.1. The van der Waals surface area contributed by atoms with Crippen molar-refractivity contribution in [2.45, 2.75) is 6.18 Å². The van der Waals surface area contributed by atoms with Crippen LogP contribution in [0.1, 0.15) is 25.6 Å². The van der Waals surface area contributed by atoms with Crippen LogP contribution in [0.4, 0.5) is 24.5 Å². The van der Waals surface area contributed by atoms with Crippen LogP contribution in [0.25, 0.3) is 21.1 Å². The second kappa shape index (κ2) is 8.31. The van der Waals surface area contributed by atoms with E-state index in [9.17, 15) is 22.8 Å². The van der Waals surface area contributed by atoms with Gasteiger partial charge in [-0.1, -0.05) is 12.1 Å². The molecule has 3 aromatic heterocycles. The first kappa shape index (κ1) is 21.7. The van der Waals surface area contributed by atoms with Crippen LogP contribution in [-0.4, -0.2) is 21.8 Å². The average Bonchev–Trinajstić information content (AvgIpc) is 3.45. The van der Waals surface area contributed by atoms with Gasteiger partial charge in [-0.25, -0.2) is 4.98 Å². The molecule has 0 aliphatic heterocycles. The first-order valence-electron chi connectivity index (χ1n) is 10.0. The minimum absolute atomic E-state index is 0.0178. The van der Waals surface area contributed by atoms with Crippen molar-refractivity contribution in [2.24, 2.45) is 0 Å². The summed E-state index contributed by atoms with van der Waals surface area (Å²) in [5.74, 6) is -0.946. The van der Waals surface area contributed by atoms with Crippen LogP contribution in [0.5, 0.6) is 0 Å². The number of carbonyl (C=O) groups is 2. The van der Waals surface area contributed by atoms with Gasteiger partial charge in [0.2, 0.25) is 0 Å². The largest absolute Gasteiger partial charge is 0.416 e. The maximum absolute atomic E-state index is 12.9. The molecule has 0 atom stereocenters. The minimum atomic E-state index is -4.51. The predicted molar refractivity (Wildman–Crippen MR) is 125 cm³/mol. The molecule has 170 valence electrons. The van der Waals surface area contributed by atoms with E-state index in [4.69, 9.17) is 0 Å². The van der Waals surface area contributed by atoms with Crippen LogP contribution in [0.3, 0.4) is 0 Å². The Hall–Kier alpha value is -4.18. The molecular weight excluding hydrogens is 465 g/mol. The van der Waals surface area contributed by atoms with Crippen LogP contribution < -0.4 is 10.6 Å². The molecule has 0 radical (unpaired) electrons. The summed E-state index contributed by atoms with van der Waals surface area (Å²) in [7, 11) is 0. The van der Waals surface area contributed by atoms with Gasteiger partial charge in [-0.05, 0) is 48.5 Å². The van der Waals surface area contributed by atoms with Crippen LogP contribution >= 0.6 is 11.3 Å². The summed E-state index contributed by atoms with van der Waals surface area (Å²) in [5.41, 5.74) is 0.459. The molecule has 3 heterocycles. The zero-order valence-electron chi connectivity index (χ0n) is 17.2. The van der Waals surface area contributed by atoms with Gasteiger partial charge in [-0.3, -0.25) is 9.59 Å². The Morgan fingerprint density at radius 1 is 0.912 bits per heavy atom. The highest BCUT2D eigenvalue weighted by Gasteiger charge is 2.30. The number of halogens is 3. The van der Waals surface area contributed by atoms with Crippen molar-refractivity contribution in [3.8, 4) is 0 Å². The summed E-state index contributed by atoms with van der Waals surface area (Å²) in [6.07, 6.45) is -1.03. The zero-order valence-corrected chi connectivity index (χ0v) is 18.1. The van der Waals surface area contributed by atoms with Crippen molar-refractivity contribution in [3.05, 3.63) is 89.1 Å². The van der Waals surface area contributed by atoms with E-state index in [0.29, 0.717) is 10.6 Å². The lowest BCUT2D eigenvalue weighted by atomic mass is 10.1. The zero-order chi connectivity index (χ0) is 23.9. The van der Waals surface area contributed by atoms with Crippen LogP contribution in [0.15, 0.2) is 73.1 Å². The molecule has 2 aromatic carbocycles. The molecular formula is C24H15F3N4O2S. The third kappa shape index (κ3) is 4.23. The van der Waals surface area contributed by atoms with E-state index in [1.54, 1.807) is 30.6 Å². The molecule has 0 saturated heterocycles. The number of carbonyl (C=O) groups excluding carboxylic acids is 2. The number of nitrogens with one attached hydrogen (secondary N) is 3. The number of amides is 2. The molecule has 5 rings (SSSR count). The number of anilines is 2. The lowest BCUT2D eigenvalue weighted by Crippen LogP contribution is -2.14. The fourth-order valence-corrected chi connectivity index (χ4v) is 4.57. The van der Waals surface area contributed by atoms with E-state index < -0.39 is 17.6 Å². The van der Waals surface area contributed by atoms with E-state index in [1.807, 2.05) is 6.07 Å². The molecule has 6 nitrogen and oxygen atoms in total. The normalized spacial score (nSPS) is 11.6. The summed E-state index contributed by atoms with van der Waals surface area (Å²) >= 11 is 1.33. The van der Waals surface area contributed by atoms with Crippen molar-refractivity contribution >= 4 is 55.6 Å². The van der Waals surface area contributed by atoms with Gasteiger partial charge in [0.15, 0.2) is 0 Å². The summed E-state index contributed by atoms with van der Waals surface area (Å²) in [6, 6.07) is 14.2.